The monoisotopic (exact) mass is 243 g/mol. The molecule has 5 nitrogen and oxygen atoms in total. The highest BCUT2D eigenvalue weighted by atomic mass is 16.3. The van der Waals surface area contributed by atoms with E-state index in [1.54, 1.807) is 0 Å². The maximum atomic E-state index is 11.7. The predicted octanol–water partition coefficient (Wildman–Crippen LogP) is 0.494. The van der Waals surface area contributed by atoms with Gasteiger partial charge in [0.15, 0.2) is 0 Å². The zero-order valence-corrected chi connectivity index (χ0v) is 11.2. The number of carbonyl (C=O) groups excluding carboxylic acids is 1. The van der Waals surface area contributed by atoms with Crippen molar-refractivity contribution in [2.45, 2.75) is 32.8 Å². The Balaban J connectivity index is 2.28. The normalized spacial score (nSPS) is 18.2. The fourth-order valence-corrected chi connectivity index (χ4v) is 2.00. The van der Waals surface area contributed by atoms with Crippen LogP contribution < -0.4 is 5.32 Å². The van der Waals surface area contributed by atoms with Crippen LogP contribution in [0.25, 0.3) is 0 Å². The molecule has 1 saturated heterocycles. The molecule has 1 rings (SSSR count). The summed E-state index contributed by atoms with van der Waals surface area (Å²) in [6.07, 6.45) is 0.963. The van der Waals surface area contributed by atoms with Crippen molar-refractivity contribution in [3.63, 3.8) is 0 Å². The maximum Gasteiger partial charge on any atom is 0.317 e. The molecular formula is C12H25N3O2. The third-order valence-electron chi connectivity index (χ3n) is 2.80. The molecule has 0 saturated carbocycles. The van der Waals surface area contributed by atoms with Gasteiger partial charge in [-0.1, -0.05) is 6.92 Å². The molecule has 0 aliphatic carbocycles. The number of amides is 2. The van der Waals surface area contributed by atoms with Gasteiger partial charge < -0.3 is 15.3 Å². The largest absolute Gasteiger partial charge is 0.389 e. The fourth-order valence-electron chi connectivity index (χ4n) is 2.00. The van der Waals surface area contributed by atoms with Gasteiger partial charge in [-0.3, -0.25) is 4.90 Å². The molecule has 0 aromatic rings. The van der Waals surface area contributed by atoms with E-state index in [0.717, 1.165) is 39.1 Å². The van der Waals surface area contributed by atoms with Crippen molar-refractivity contribution in [3.05, 3.63) is 0 Å². The number of hydrogen-bond acceptors (Lipinski definition) is 3. The van der Waals surface area contributed by atoms with E-state index in [4.69, 9.17) is 0 Å². The molecule has 17 heavy (non-hydrogen) atoms. The topological polar surface area (TPSA) is 55.8 Å². The zero-order chi connectivity index (χ0) is 12.9. The van der Waals surface area contributed by atoms with Crippen molar-refractivity contribution in [1.29, 1.82) is 0 Å². The summed E-state index contributed by atoms with van der Waals surface area (Å²) in [5.74, 6) is 0. The molecular weight excluding hydrogens is 218 g/mol. The van der Waals surface area contributed by atoms with Crippen LogP contribution in [-0.4, -0.2) is 65.8 Å². The number of carbonyl (C=O) groups is 1. The van der Waals surface area contributed by atoms with Crippen LogP contribution in [0.1, 0.15) is 27.2 Å². The van der Waals surface area contributed by atoms with Crippen LogP contribution in [0.15, 0.2) is 0 Å². The van der Waals surface area contributed by atoms with Crippen LogP contribution in [0.4, 0.5) is 4.79 Å². The number of piperazine rings is 1. The number of β-amino-alcohol motifs (C(OH)–C–C–N with tert-alkyl or cyclic N) is 1. The molecule has 2 amide bonds. The smallest absolute Gasteiger partial charge is 0.317 e. The predicted molar refractivity (Wildman–Crippen MR) is 68.0 cm³/mol. The summed E-state index contributed by atoms with van der Waals surface area (Å²) >= 11 is 0. The minimum Gasteiger partial charge on any atom is -0.389 e. The summed E-state index contributed by atoms with van der Waals surface area (Å²) < 4.78 is 0. The van der Waals surface area contributed by atoms with Crippen LogP contribution in [0.5, 0.6) is 0 Å². The zero-order valence-electron chi connectivity index (χ0n) is 11.2. The number of urea groups is 1. The van der Waals surface area contributed by atoms with Crippen molar-refractivity contribution in [2.75, 3.05) is 39.3 Å². The van der Waals surface area contributed by atoms with Gasteiger partial charge in [0.1, 0.15) is 0 Å². The lowest BCUT2D eigenvalue weighted by atomic mass is 10.1. The van der Waals surface area contributed by atoms with Crippen LogP contribution >= 0.6 is 0 Å². The second-order valence-corrected chi connectivity index (χ2v) is 5.31. The first-order valence-electron chi connectivity index (χ1n) is 6.40. The third kappa shape index (κ3) is 5.37. The molecule has 1 heterocycles. The summed E-state index contributed by atoms with van der Waals surface area (Å²) in [5.41, 5.74) is -0.660. The Bertz CT molecular complexity index is 243. The molecule has 0 aromatic carbocycles. The van der Waals surface area contributed by atoms with Crippen molar-refractivity contribution in [3.8, 4) is 0 Å². The molecule has 1 aliphatic rings. The van der Waals surface area contributed by atoms with Crippen molar-refractivity contribution in [1.82, 2.24) is 15.1 Å². The molecule has 0 aromatic heterocycles. The second-order valence-electron chi connectivity index (χ2n) is 5.31. The molecule has 0 spiro atoms. The standard InChI is InChI=1S/C12H25N3O2/c1-4-5-13-11(16)15-8-6-14(7-9-15)10-12(2,3)17/h17H,4-10H2,1-3H3,(H,13,16). The van der Waals surface area contributed by atoms with Gasteiger partial charge in [-0.25, -0.2) is 4.79 Å². The van der Waals surface area contributed by atoms with Crippen LogP contribution in [-0.2, 0) is 0 Å². The highest BCUT2D eigenvalue weighted by Crippen LogP contribution is 2.08. The molecule has 0 atom stereocenters. The van der Waals surface area contributed by atoms with Gasteiger partial charge in [0, 0.05) is 39.3 Å². The summed E-state index contributed by atoms with van der Waals surface area (Å²) in [6, 6.07) is 0.0368. The van der Waals surface area contributed by atoms with Gasteiger partial charge in [-0.15, -0.1) is 0 Å². The van der Waals surface area contributed by atoms with Crippen molar-refractivity contribution < 1.29 is 9.90 Å². The van der Waals surface area contributed by atoms with Gasteiger partial charge in [-0.2, -0.15) is 0 Å². The molecule has 1 aliphatic heterocycles. The van der Waals surface area contributed by atoms with E-state index < -0.39 is 5.60 Å². The SMILES string of the molecule is CCCNC(=O)N1CCN(CC(C)(C)O)CC1. The van der Waals surface area contributed by atoms with E-state index in [1.165, 1.54) is 0 Å². The number of nitrogens with zero attached hydrogens (tertiary/aromatic N) is 2. The molecule has 100 valence electrons. The van der Waals surface area contributed by atoms with Gasteiger partial charge >= 0.3 is 6.03 Å². The molecule has 0 radical (unpaired) electrons. The van der Waals surface area contributed by atoms with E-state index >= 15 is 0 Å². The lowest BCUT2D eigenvalue weighted by molar-refractivity contribution is 0.0225. The summed E-state index contributed by atoms with van der Waals surface area (Å²) in [7, 11) is 0. The Morgan fingerprint density at radius 3 is 2.35 bits per heavy atom. The first-order chi connectivity index (χ1) is 7.92. The number of rotatable bonds is 4. The van der Waals surface area contributed by atoms with Crippen LogP contribution in [0, 0.1) is 0 Å². The quantitative estimate of drug-likeness (QED) is 0.756. The Labute approximate surface area is 104 Å². The molecule has 0 bridgehead atoms. The minimum atomic E-state index is -0.660. The van der Waals surface area contributed by atoms with E-state index in [9.17, 15) is 9.90 Å². The van der Waals surface area contributed by atoms with Gasteiger partial charge in [0.25, 0.3) is 0 Å². The highest BCUT2D eigenvalue weighted by Gasteiger charge is 2.24. The number of nitrogens with one attached hydrogen (secondary N) is 1. The second kappa shape index (κ2) is 6.21. The highest BCUT2D eigenvalue weighted by molar-refractivity contribution is 5.74. The lowest BCUT2D eigenvalue weighted by Gasteiger charge is -2.37. The first-order valence-corrected chi connectivity index (χ1v) is 6.40. The van der Waals surface area contributed by atoms with Gasteiger partial charge in [-0.05, 0) is 20.3 Å². The van der Waals surface area contributed by atoms with Crippen LogP contribution in [0.3, 0.4) is 0 Å². The van der Waals surface area contributed by atoms with E-state index in [2.05, 4.69) is 10.2 Å². The molecule has 2 N–H and O–H groups in total. The Morgan fingerprint density at radius 1 is 1.29 bits per heavy atom. The van der Waals surface area contributed by atoms with E-state index in [-0.39, 0.29) is 6.03 Å². The van der Waals surface area contributed by atoms with Crippen LogP contribution in [0.2, 0.25) is 0 Å². The van der Waals surface area contributed by atoms with E-state index in [1.807, 2.05) is 25.7 Å². The average molecular weight is 243 g/mol. The Morgan fingerprint density at radius 2 is 1.88 bits per heavy atom. The van der Waals surface area contributed by atoms with Crippen molar-refractivity contribution >= 4 is 6.03 Å². The molecule has 5 heteroatoms. The lowest BCUT2D eigenvalue weighted by Crippen LogP contribution is -2.54. The molecule has 1 fully saturated rings. The summed E-state index contributed by atoms with van der Waals surface area (Å²) in [4.78, 5) is 15.7. The van der Waals surface area contributed by atoms with Gasteiger partial charge in [0.2, 0.25) is 0 Å². The minimum absolute atomic E-state index is 0.0368. The third-order valence-corrected chi connectivity index (χ3v) is 2.80. The fraction of sp³-hybridized carbons (Fsp3) is 0.917. The summed E-state index contributed by atoms with van der Waals surface area (Å²) in [6.45, 7) is 10.2. The number of aliphatic hydroxyl groups is 1. The molecule has 0 unspecified atom stereocenters. The van der Waals surface area contributed by atoms with Crippen molar-refractivity contribution in [2.24, 2.45) is 0 Å². The number of hydrogen-bond donors (Lipinski definition) is 2. The average Bonchev–Trinajstić information content (AvgIpc) is 2.24. The Kier molecular flexibility index (Phi) is 5.21. The summed E-state index contributed by atoms with van der Waals surface area (Å²) in [5, 5.41) is 12.6. The maximum absolute atomic E-state index is 11.7. The first kappa shape index (κ1) is 14.3. The van der Waals surface area contributed by atoms with E-state index in [0.29, 0.717) is 6.54 Å². The van der Waals surface area contributed by atoms with Gasteiger partial charge in [0.05, 0.1) is 5.60 Å². The Hall–Kier alpha value is -0.810.